The van der Waals surface area contributed by atoms with E-state index >= 15 is 0 Å². The summed E-state index contributed by atoms with van der Waals surface area (Å²) in [5.74, 6) is 0. The van der Waals surface area contributed by atoms with Crippen molar-refractivity contribution in [3.05, 3.63) is 255 Å². The molecule has 0 aliphatic carbocycles. The molecule has 0 aliphatic rings. The minimum atomic E-state index is 0.878. The van der Waals surface area contributed by atoms with E-state index in [1.54, 1.807) is 0 Å². The van der Waals surface area contributed by atoms with Gasteiger partial charge in [0.05, 0.1) is 16.7 Å². The first-order chi connectivity index (χ1) is 33.2. The quantitative estimate of drug-likeness (QED) is 0.152. The maximum absolute atomic E-state index is 6.41. The van der Waals surface area contributed by atoms with Crippen molar-refractivity contribution in [2.75, 3.05) is 4.90 Å². The summed E-state index contributed by atoms with van der Waals surface area (Å²) in [6, 6.07) is 92.0. The molecule has 3 nitrogen and oxygen atoms in total. The number of para-hydroxylation sites is 4. The zero-order valence-corrected chi connectivity index (χ0v) is 36.6. The number of rotatable bonds is 8. The standard InChI is InChI=1S/C64H42N2O/c1-2-15-45-39-50(31-30-43(45)14-1)49-19-12-20-53(40-49)65(60-26-7-3-22-55(60)51-34-37-59-58-25-6-10-29-63(58)67-64(59)42-51)52-35-32-44(33-36-52)46-16-11-17-47(38-46)48-18-13-21-54(41-48)66-61-27-8-4-23-56(61)57-24-5-9-28-62(57)66/h1-42H. The minimum absolute atomic E-state index is 0.878. The fourth-order valence-corrected chi connectivity index (χ4v) is 10.1. The molecule has 0 fully saturated rings. The lowest BCUT2D eigenvalue weighted by Gasteiger charge is -2.28. The van der Waals surface area contributed by atoms with Crippen molar-refractivity contribution in [2.24, 2.45) is 0 Å². The molecule has 0 N–H and O–H groups in total. The molecule has 0 amide bonds. The molecule has 0 bridgehead atoms. The second-order valence-electron chi connectivity index (χ2n) is 17.3. The fraction of sp³-hybridized carbons (Fsp3) is 0. The number of nitrogens with zero attached hydrogens (tertiary/aromatic N) is 2. The molecule has 314 valence electrons. The normalized spacial score (nSPS) is 11.6. The van der Waals surface area contributed by atoms with Crippen molar-refractivity contribution < 1.29 is 4.42 Å². The van der Waals surface area contributed by atoms with E-state index in [0.29, 0.717) is 0 Å². The van der Waals surface area contributed by atoms with Crippen LogP contribution < -0.4 is 4.90 Å². The van der Waals surface area contributed by atoms with Crippen LogP contribution in [0.3, 0.4) is 0 Å². The minimum Gasteiger partial charge on any atom is -0.456 e. The molecule has 11 aromatic carbocycles. The Morgan fingerprint density at radius 1 is 0.299 bits per heavy atom. The van der Waals surface area contributed by atoms with Crippen LogP contribution in [0.25, 0.3) is 105 Å². The molecular weight excluding hydrogens is 813 g/mol. The van der Waals surface area contributed by atoms with Crippen molar-refractivity contribution in [3.63, 3.8) is 0 Å². The van der Waals surface area contributed by atoms with Gasteiger partial charge in [-0.25, -0.2) is 0 Å². The molecule has 0 saturated carbocycles. The van der Waals surface area contributed by atoms with Gasteiger partial charge in [-0.2, -0.15) is 0 Å². The van der Waals surface area contributed by atoms with E-state index in [-0.39, 0.29) is 0 Å². The molecule has 13 aromatic rings. The number of benzene rings is 11. The maximum atomic E-state index is 6.41. The van der Waals surface area contributed by atoms with Crippen LogP contribution >= 0.6 is 0 Å². The van der Waals surface area contributed by atoms with Crippen LogP contribution in [0.4, 0.5) is 17.1 Å². The van der Waals surface area contributed by atoms with E-state index in [4.69, 9.17) is 4.42 Å². The Balaban J connectivity index is 0.898. The SMILES string of the molecule is c1cc(-c2ccc(N(c3cccc(-c4ccc5ccccc5c4)c3)c3ccccc3-c3ccc4c(c3)oc3ccccc34)cc2)cc(-c2cccc(-n3c4ccccc4c4ccccc43)c2)c1. The highest BCUT2D eigenvalue weighted by Gasteiger charge is 2.20. The molecule has 0 saturated heterocycles. The first-order valence-electron chi connectivity index (χ1n) is 22.9. The van der Waals surface area contributed by atoms with E-state index < -0.39 is 0 Å². The lowest BCUT2D eigenvalue weighted by molar-refractivity contribution is 0.669. The lowest BCUT2D eigenvalue weighted by Crippen LogP contribution is -2.11. The Morgan fingerprint density at radius 2 is 0.866 bits per heavy atom. The smallest absolute Gasteiger partial charge is 0.136 e. The molecule has 0 unspecified atom stereocenters. The second-order valence-corrected chi connectivity index (χ2v) is 17.3. The Kier molecular flexibility index (Phi) is 9.17. The number of hydrogen-bond donors (Lipinski definition) is 0. The monoisotopic (exact) mass is 854 g/mol. The van der Waals surface area contributed by atoms with Gasteiger partial charge in [0.25, 0.3) is 0 Å². The van der Waals surface area contributed by atoms with E-state index in [1.807, 2.05) is 12.1 Å². The van der Waals surface area contributed by atoms with E-state index in [2.05, 4.69) is 252 Å². The van der Waals surface area contributed by atoms with Gasteiger partial charge in [-0.15, -0.1) is 0 Å². The van der Waals surface area contributed by atoms with Gasteiger partial charge in [-0.05, 0) is 135 Å². The number of fused-ring (bicyclic) bond motifs is 7. The highest BCUT2D eigenvalue weighted by atomic mass is 16.3. The second kappa shape index (κ2) is 16.0. The Bertz CT molecular complexity index is 3950. The molecular formula is C64H42N2O. The first-order valence-corrected chi connectivity index (χ1v) is 22.9. The molecule has 0 radical (unpaired) electrons. The summed E-state index contributed by atoms with van der Waals surface area (Å²) in [5, 5.41) is 7.23. The number of hydrogen-bond acceptors (Lipinski definition) is 2. The average molecular weight is 855 g/mol. The zero-order valence-electron chi connectivity index (χ0n) is 36.6. The van der Waals surface area contributed by atoms with Crippen molar-refractivity contribution in [3.8, 4) is 50.2 Å². The van der Waals surface area contributed by atoms with Crippen LogP contribution in [0.15, 0.2) is 259 Å². The number of furan rings is 1. The van der Waals surface area contributed by atoms with Crippen LogP contribution in [0.1, 0.15) is 0 Å². The molecule has 0 aliphatic heterocycles. The zero-order chi connectivity index (χ0) is 44.3. The van der Waals surface area contributed by atoms with Gasteiger partial charge < -0.3 is 13.9 Å². The highest BCUT2D eigenvalue weighted by molar-refractivity contribution is 6.09. The topological polar surface area (TPSA) is 21.3 Å². The third kappa shape index (κ3) is 6.76. The van der Waals surface area contributed by atoms with Crippen LogP contribution in [-0.2, 0) is 0 Å². The molecule has 2 heterocycles. The molecule has 3 heteroatoms. The number of anilines is 3. The largest absolute Gasteiger partial charge is 0.456 e. The van der Waals surface area contributed by atoms with Crippen molar-refractivity contribution in [1.29, 1.82) is 0 Å². The van der Waals surface area contributed by atoms with Crippen LogP contribution in [-0.4, -0.2) is 4.57 Å². The van der Waals surface area contributed by atoms with Gasteiger partial charge >= 0.3 is 0 Å². The summed E-state index contributed by atoms with van der Waals surface area (Å²) in [6.07, 6.45) is 0. The predicted molar refractivity (Wildman–Crippen MR) is 282 cm³/mol. The van der Waals surface area contributed by atoms with E-state index in [9.17, 15) is 0 Å². The Hall–Kier alpha value is -8.92. The molecule has 0 spiro atoms. The summed E-state index contributed by atoms with van der Waals surface area (Å²) < 4.78 is 8.79. The summed E-state index contributed by atoms with van der Waals surface area (Å²) in [4.78, 5) is 2.39. The Labute approximate surface area is 388 Å². The van der Waals surface area contributed by atoms with Crippen molar-refractivity contribution in [1.82, 2.24) is 4.57 Å². The average Bonchev–Trinajstić information content (AvgIpc) is 3.95. The lowest BCUT2D eigenvalue weighted by atomic mass is 9.97. The molecule has 2 aromatic heterocycles. The first kappa shape index (κ1) is 38.5. The Morgan fingerprint density at radius 3 is 1.67 bits per heavy atom. The van der Waals surface area contributed by atoms with Crippen molar-refractivity contribution >= 4 is 71.6 Å². The summed E-state index contributed by atoms with van der Waals surface area (Å²) in [5.41, 5.74) is 17.7. The summed E-state index contributed by atoms with van der Waals surface area (Å²) >= 11 is 0. The van der Waals surface area contributed by atoms with Crippen molar-refractivity contribution in [2.45, 2.75) is 0 Å². The van der Waals surface area contributed by atoms with Gasteiger partial charge in [0, 0.05) is 44.2 Å². The highest BCUT2D eigenvalue weighted by Crippen LogP contribution is 2.44. The maximum Gasteiger partial charge on any atom is 0.136 e. The van der Waals surface area contributed by atoms with Gasteiger partial charge in [-0.3, -0.25) is 0 Å². The fourth-order valence-electron chi connectivity index (χ4n) is 10.1. The molecule has 0 atom stereocenters. The van der Waals surface area contributed by atoms with Crippen LogP contribution in [0.2, 0.25) is 0 Å². The van der Waals surface area contributed by atoms with Crippen LogP contribution in [0, 0.1) is 0 Å². The van der Waals surface area contributed by atoms with Gasteiger partial charge in [0.15, 0.2) is 0 Å². The third-order valence-corrected chi connectivity index (χ3v) is 13.4. The van der Waals surface area contributed by atoms with E-state index in [1.165, 1.54) is 49.3 Å². The van der Waals surface area contributed by atoms with Crippen LogP contribution in [0.5, 0.6) is 0 Å². The number of aromatic nitrogens is 1. The van der Waals surface area contributed by atoms with Gasteiger partial charge in [0.1, 0.15) is 11.2 Å². The van der Waals surface area contributed by atoms with Gasteiger partial charge in [-0.1, -0.05) is 170 Å². The summed E-state index contributed by atoms with van der Waals surface area (Å²) in [6.45, 7) is 0. The summed E-state index contributed by atoms with van der Waals surface area (Å²) in [7, 11) is 0. The predicted octanol–water partition coefficient (Wildman–Crippen LogP) is 18.0. The van der Waals surface area contributed by atoms with E-state index in [0.717, 1.165) is 72.5 Å². The molecule has 13 rings (SSSR count). The third-order valence-electron chi connectivity index (χ3n) is 13.4. The van der Waals surface area contributed by atoms with Gasteiger partial charge in [0.2, 0.25) is 0 Å². The molecule has 67 heavy (non-hydrogen) atoms.